The fourth-order valence-electron chi connectivity index (χ4n) is 1.56. The van der Waals surface area contributed by atoms with Crippen LogP contribution in [0.15, 0.2) is 18.3 Å². The quantitative estimate of drug-likeness (QED) is 0.672. The second kappa shape index (κ2) is 2.83. The fraction of sp³-hybridized carbons (Fsp3) is 0.444. The third-order valence-electron chi connectivity index (χ3n) is 2.41. The number of halogens is 1. The molecule has 0 aliphatic heterocycles. The van der Waals surface area contributed by atoms with Gasteiger partial charge in [0.15, 0.2) is 0 Å². The van der Waals surface area contributed by atoms with E-state index in [-0.39, 0.29) is 5.95 Å². The topological polar surface area (TPSA) is 38.9 Å². The number of nitrogens with zero attached hydrogens (tertiary/aromatic N) is 1. The van der Waals surface area contributed by atoms with E-state index in [0.29, 0.717) is 18.4 Å². The van der Waals surface area contributed by atoms with Gasteiger partial charge in [-0.3, -0.25) is 0 Å². The Morgan fingerprint density at radius 3 is 3.08 bits per heavy atom. The summed E-state index contributed by atoms with van der Waals surface area (Å²) in [4.78, 5) is 3.60. The second-order valence-electron chi connectivity index (χ2n) is 3.22. The number of hydrogen-bond donors (Lipinski definition) is 1. The molecule has 0 radical (unpaired) electrons. The molecule has 1 fully saturated rings. The number of rotatable bonds is 2. The molecule has 0 aromatic carbocycles. The Balaban J connectivity index is 2.19. The first-order valence-electron chi connectivity index (χ1n) is 4.13. The van der Waals surface area contributed by atoms with Crippen LogP contribution in [0.2, 0.25) is 0 Å². The largest absolute Gasteiger partial charge is 0.330 e. The maximum absolute atomic E-state index is 13.0. The molecule has 1 aromatic heterocycles. The maximum atomic E-state index is 13.0. The average molecular weight is 166 g/mol. The lowest BCUT2D eigenvalue weighted by atomic mass is 10.1. The number of nitrogens with two attached hydrogens (primary N) is 1. The van der Waals surface area contributed by atoms with Crippen molar-refractivity contribution in [3.63, 3.8) is 0 Å². The summed E-state index contributed by atoms with van der Waals surface area (Å²) in [5.74, 6) is 0.464. The highest BCUT2D eigenvalue weighted by atomic mass is 19.1. The minimum atomic E-state index is -0.335. The van der Waals surface area contributed by atoms with Crippen molar-refractivity contribution in [2.75, 3.05) is 6.54 Å². The molecule has 3 heteroatoms. The average Bonchev–Trinajstić information content (AvgIpc) is 2.84. The van der Waals surface area contributed by atoms with Gasteiger partial charge < -0.3 is 5.73 Å². The van der Waals surface area contributed by atoms with Gasteiger partial charge in [0.25, 0.3) is 0 Å². The van der Waals surface area contributed by atoms with E-state index in [0.717, 1.165) is 12.0 Å². The van der Waals surface area contributed by atoms with Crippen molar-refractivity contribution in [2.45, 2.75) is 12.3 Å². The molecule has 2 N–H and O–H groups in total. The summed E-state index contributed by atoms with van der Waals surface area (Å²) in [5, 5.41) is 0. The molecule has 1 saturated carbocycles. The molecular formula is C9H11FN2. The van der Waals surface area contributed by atoms with Crippen molar-refractivity contribution in [2.24, 2.45) is 11.7 Å². The molecule has 0 spiro atoms. The van der Waals surface area contributed by atoms with Gasteiger partial charge in [0.1, 0.15) is 0 Å². The van der Waals surface area contributed by atoms with Gasteiger partial charge in [-0.2, -0.15) is 4.39 Å². The molecule has 2 nitrogen and oxygen atoms in total. The van der Waals surface area contributed by atoms with Crippen molar-refractivity contribution >= 4 is 0 Å². The Hall–Kier alpha value is -0.960. The van der Waals surface area contributed by atoms with Crippen LogP contribution in [-0.2, 0) is 0 Å². The summed E-state index contributed by atoms with van der Waals surface area (Å²) in [7, 11) is 0. The van der Waals surface area contributed by atoms with E-state index < -0.39 is 0 Å². The van der Waals surface area contributed by atoms with Crippen LogP contribution in [0.4, 0.5) is 4.39 Å². The van der Waals surface area contributed by atoms with Gasteiger partial charge in [-0.1, -0.05) is 6.07 Å². The molecule has 1 heterocycles. The third kappa shape index (κ3) is 1.20. The zero-order valence-electron chi connectivity index (χ0n) is 6.70. The van der Waals surface area contributed by atoms with Gasteiger partial charge in [-0.05, 0) is 30.9 Å². The van der Waals surface area contributed by atoms with Crippen LogP contribution in [0.5, 0.6) is 0 Å². The first kappa shape index (κ1) is 7.68. The molecule has 12 heavy (non-hydrogen) atoms. The van der Waals surface area contributed by atoms with Gasteiger partial charge in [0, 0.05) is 11.8 Å². The summed E-state index contributed by atoms with van der Waals surface area (Å²) < 4.78 is 13.0. The Bertz CT molecular complexity index is 288. The Kier molecular flexibility index (Phi) is 1.81. The molecule has 0 saturated heterocycles. The van der Waals surface area contributed by atoms with Gasteiger partial charge >= 0.3 is 0 Å². The molecule has 0 bridgehead atoms. The van der Waals surface area contributed by atoms with E-state index in [1.807, 2.05) is 0 Å². The molecule has 0 amide bonds. The number of pyridine rings is 1. The Labute approximate surface area is 70.6 Å². The van der Waals surface area contributed by atoms with Crippen LogP contribution in [0.3, 0.4) is 0 Å². The molecule has 64 valence electrons. The van der Waals surface area contributed by atoms with Crippen LogP contribution in [0, 0.1) is 11.9 Å². The second-order valence-corrected chi connectivity index (χ2v) is 3.22. The SMILES string of the molecule is NCC1CC1c1cccnc1F. The van der Waals surface area contributed by atoms with Gasteiger partial charge in [0.05, 0.1) is 0 Å². The Morgan fingerprint density at radius 1 is 1.67 bits per heavy atom. The van der Waals surface area contributed by atoms with Gasteiger partial charge in [0.2, 0.25) is 5.95 Å². The van der Waals surface area contributed by atoms with Crippen LogP contribution < -0.4 is 5.73 Å². The predicted octanol–water partition coefficient (Wildman–Crippen LogP) is 1.28. The molecule has 2 rings (SSSR count). The van der Waals surface area contributed by atoms with Crippen molar-refractivity contribution in [1.29, 1.82) is 0 Å². The van der Waals surface area contributed by atoms with E-state index in [2.05, 4.69) is 4.98 Å². The summed E-state index contributed by atoms with van der Waals surface area (Å²) in [6.07, 6.45) is 2.48. The smallest absolute Gasteiger partial charge is 0.216 e. The lowest BCUT2D eigenvalue weighted by Gasteiger charge is -1.98. The van der Waals surface area contributed by atoms with E-state index >= 15 is 0 Å². The lowest BCUT2D eigenvalue weighted by Crippen LogP contribution is -2.02. The highest BCUT2D eigenvalue weighted by Crippen LogP contribution is 2.46. The van der Waals surface area contributed by atoms with Crippen LogP contribution in [-0.4, -0.2) is 11.5 Å². The summed E-state index contributed by atoms with van der Waals surface area (Å²) in [5.41, 5.74) is 6.20. The minimum Gasteiger partial charge on any atom is -0.330 e. The van der Waals surface area contributed by atoms with E-state index in [1.54, 1.807) is 12.1 Å². The van der Waals surface area contributed by atoms with Gasteiger partial charge in [-0.15, -0.1) is 0 Å². The van der Waals surface area contributed by atoms with E-state index in [1.165, 1.54) is 6.20 Å². The highest BCUT2D eigenvalue weighted by Gasteiger charge is 2.38. The van der Waals surface area contributed by atoms with Crippen LogP contribution in [0.25, 0.3) is 0 Å². The summed E-state index contributed by atoms with van der Waals surface area (Å²) >= 11 is 0. The van der Waals surface area contributed by atoms with E-state index in [4.69, 9.17) is 5.73 Å². The van der Waals surface area contributed by atoms with Gasteiger partial charge in [-0.25, -0.2) is 4.98 Å². The maximum Gasteiger partial charge on any atom is 0.216 e. The van der Waals surface area contributed by atoms with Crippen molar-refractivity contribution < 1.29 is 4.39 Å². The Morgan fingerprint density at radius 2 is 2.50 bits per heavy atom. The third-order valence-corrected chi connectivity index (χ3v) is 2.41. The van der Waals surface area contributed by atoms with E-state index in [9.17, 15) is 4.39 Å². The molecule has 1 aliphatic carbocycles. The minimum absolute atomic E-state index is 0.323. The number of hydrogen-bond acceptors (Lipinski definition) is 2. The molecule has 2 atom stereocenters. The highest BCUT2D eigenvalue weighted by molar-refractivity contribution is 5.23. The first-order chi connectivity index (χ1) is 5.83. The summed E-state index contributed by atoms with van der Waals surface area (Å²) in [6, 6.07) is 3.56. The van der Waals surface area contributed by atoms with Crippen LogP contribution >= 0.6 is 0 Å². The summed E-state index contributed by atoms with van der Waals surface area (Å²) in [6.45, 7) is 0.652. The van der Waals surface area contributed by atoms with Crippen molar-refractivity contribution in [3.8, 4) is 0 Å². The zero-order valence-corrected chi connectivity index (χ0v) is 6.70. The lowest BCUT2D eigenvalue weighted by molar-refractivity contribution is 0.563. The fourth-order valence-corrected chi connectivity index (χ4v) is 1.56. The zero-order chi connectivity index (χ0) is 8.55. The normalized spacial score (nSPS) is 27.2. The molecule has 1 aromatic rings. The number of aromatic nitrogens is 1. The van der Waals surface area contributed by atoms with Crippen molar-refractivity contribution in [3.05, 3.63) is 29.8 Å². The molecular weight excluding hydrogens is 155 g/mol. The van der Waals surface area contributed by atoms with Crippen molar-refractivity contribution in [1.82, 2.24) is 4.98 Å². The standard InChI is InChI=1S/C9H11FN2/c10-9-7(2-1-3-12-9)8-4-6(8)5-11/h1-3,6,8H,4-5,11H2. The predicted molar refractivity (Wildman–Crippen MR) is 44.1 cm³/mol. The monoisotopic (exact) mass is 166 g/mol. The molecule has 2 unspecified atom stereocenters. The molecule has 1 aliphatic rings. The van der Waals surface area contributed by atoms with Crippen LogP contribution in [0.1, 0.15) is 17.9 Å². The first-order valence-corrected chi connectivity index (χ1v) is 4.13.